The van der Waals surface area contributed by atoms with E-state index >= 15 is 0 Å². The van der Waals surface area contributed by atoms with E-state index in [-0.39, 0.29) is 0 Å². The largest absolute Gasteiger partial charge is 0.494 e. The average Bonchev–Trinajstić information content (AvgIpc) is 3.02. The SMILES string of the molecule is COc1c(-c2ccc(-c3ccccc3)cc2)cc(-c2ccccc2)nc1-c1ccc(-c2ccccc2)cc1. The fourth-order valence-corrected chi connectivity index (χ4v) is 4.83. The fourth-order valence-electron chi connectivity index (χ4n) is 4.83. The van der Waals surface area contributed by atoms with Crippen LogP contribution in [0, 0.1) is 0 Å². The van der Waals surface area contributed by atoms with Crippen LogP contribution >= 0.6 is 0 Å². The van der Waals surface area contributed by atoms with E-state index in [0.29, 0.717) is 0 Å². The van der Waals surface area contributed by atoms with Gasteiger partial charge in [0.15, 0.2) is 5.75 Å². The van der Waals surface area contributed by atoms with Gasteiger partial charge in [-0.2, -0.15) is 0 Å². The van der Waals surface area contributed by atoms with Crippen molar-refractivity contribution in [1.29, 1.82) is 0 Å². The summed E-state index contributed by atoms with van der Waals surface area (Å²) < 4.78 is 6.04. The van der Waals surface area contributed by atoms with Gasteiger partial charge in [0.1, 0.15) is 5.69 Å². The number of hydrogen-bond acceptors (Lipinski definition) is 2. The van der Waals surface area contributed by atoms with E-state index in [4.69, 9.17) is 9.72 Å². The van der Waals surface area contributed by atoms with Gasteiger partial charge in [0.2, 0.25) is 0 Å². The number of pyridine rings is 1. The lowest BCUT2D eigenvalue weighted by atomic mass is 9.96. The quantitative estimate of drug-likeness (QED) is 0.232. The van der Waals surface area contributed by atoms with Gasteiger partial charge in [-0.3, -0.25) is 0 Å². The summed E-state index contributed by atoms with van der Waals surface area (Å²) >= 11 is 0. The van der Waals surface area contributed by atoms with Gasteiger partial charge >= 0.3 is 0 Å². The average molecular weight is 490 g/mol. The molecule has 6 rings (SSSR count). The molecule has 0 N–H and O–H groups in total. The van der Waals surface area contributed by atoms with Gasteiger partial charge in [0, 0.05) is 16.7 Å². The Hall–Kier alpha value is -4.95. The molecule has 0 atom stereocenters. The summed E-state index contributed by atoms with van der Waals surface area (Å²) in [5.41, 5.74) is 10.7. The Bertz CT molecular complexity index is 1540. The molecule has 1 heterocycles. The Morgan fingerprint density at radius 3 is 1.29 bits per heavy atom. The van der Waals surface area contributed by atoms with Crippen LogP contribution in [0.15, 0.2) is 146 Å². The maximum Gasteiger partial charge on any atom is 0.152 e. The number of ether oxygens (including phenoxy) is 1. The first-order valence-electron chi connectivity index (χ1n) is 12.8. The molecule has 6 aromatic rings. The van der Waals surface area contributed by atoms with Crippen molar-refractivity contribution in [1.82, 2.24) is 4.98 Å². The van der Waals surface area contributed by atoms with Crippen LogP contribution in [-0.2, 0) is 0 Å². The number of nitrogens with zero attached hydrogens (tertiary/aromatic N) is 1. The van der Waals surface area contributed by atoms with E-state index in [0.717, 1.165) is 39.4 Å². The van der Waals surface area contributed by atoms with Crippen molar-refractivity contribution in [3.63, 3.8) is 0 Å². The van der Waals surface area contributed by atoms with Crippen LogP contribution < -0.4 is 4.74 Å². The molecule has 0 spiro atoms. The summed E-state index contributed by atoms with van der Waals surface area (Å²) in [5, 5.41) is 0. The second-order valence-electron chi connectivity index (χ2n) is 9.19. The number of aromatic nitrogens is 1. The number of methoxy groups -OCH3 is 1. The molecule has 0 fully saturated rings. The summed E-state index contributed by atoms with van der Waals surface area (Å²) in [5.74, 6) is 0.768. The van der Waals surface area contributed by atoms with E-state index in [2.05, 4.69) is 115 Å². The minimum Gasteiger partial charge on any atom is -0.494 e. The van der Waals surface area contributed by atoms with Gasteiger partial charge in [-0.15, -0.1) is 0 Å². The topological polar surface area (TPSA) is 22.1 Å². The maximum atomic E-state index is 6.04. The van der Waals surface area contributed by atoms with Gasteiger partial charge < -0.3 is 4.74 Å². The standard InChI is InChI=1S/C36H27NO/c1-38-36-33(30-21-17-28(18-22-30)26-11-5-2-6-12-26)25-34(31-15-9-4-10-16-31)37-35(36)32-23-19-29(20-24-32)27-13-7-3-8-14-27/h2-25H,1H3. The predicted octanol–water partition coefficient (Wildman–Crippen LogP) is 9.43. The maximum absolute atomic E-state index is 6.04. The smallest absolute Gasteiger partial charge is 0.152 e. The minimum atomic E-state index is 0.768. The Morgan fingerprint density at radius 1 is 0.421 bits per heavy atom. The van der Waals surface area contributed by atoms with Crippen molar-refractivity contribution in [2.24, 2.45) is 0 Å². The molecule has 0 unspecified atom stereocenters. The minimum absolute atomic E-state index is 0.768. The number of hydrogen-bond donors (Lipinski definition) is 0. The molecule has 2 nitrogen and oxygen atoms in total. The second kappa shape index (κ2) is 10.6. The first kappa shape index (κ1) is 23.4. The first-order valence-corrected chi connectivity index (χ1v) is 12.8. The fraction of sp³-hybridized carbons (Fsp3) is 0.0278. The molecule has 0 saturated heterocycles. The normalized spacial score (nSPS) is 10.8. The van der Waals surface area contributed by atoms with Crippen LogP contribution in [-0.4, -0.2) is 12.1 Å². The van der Waals surface area contributed by atoms with Gasteiger partial charge in [0.05, 0.1) is 12.8 Å². The molecule has 0 bridgehead atoms. The summed E-state index contributed by atoms with van der Waals surface area (Å²) in [6.45, 7) is 0. The molecule has 38 heavy (non-hydrogen) atoms. The van der Waals surface area contributed by atoms with Crippen LogP contribution in [0.25, 0.3) is 55.9 Å². The van der Waals surface area contributed by atoms with E-state index in [9.17, 15) is 0 Å². The molecule has 0 aliphatic carbocycles. The Balaban J connectivity index is 1.48. The van der Waals surface area contributed by atoms with E-state index < -0.39 is 0 Å². The Labute approximate surface area is 223 Å². The van der Waals surface area contributed by atoms with Crippen molar-refractivity contribution < 1.29 is 4.74 Å². The third kappa shape index (κ3) is 4.72. The third-order valence-electron chi connectivity index (χ3n) is 6.82. The highest BCUT2D eigenvalue weighted by molar-refractivity contribution is 5.85. The summed E-state index contributed by atoms with van der Waals surface area (Å²) in [4.78, 5) is 5.11. The summed E-state index contributed by atoms with van der Waals surface area (Å²) in [7, 11) is 1.73. The van der Waals surface area contributed by atoms with E-state index in [1.54, 1.807) is 7.11 Å². The zero-order valence-corrected chi connectivity index (χ0v) is 21.2. The van der Waals surface area contributed by atoms with Gasteiger partial charge in [-0.05, 0) is 33.9 Å². The second-order valence-corrected chi connectivity index (χ2v) is 9.19. The van der Waals surface area contributed by atoms with Gasteiger partial charge in [-0.25, -0.2) is 4.98 Å². The summed E-state index contributed by atoms with van der Waals surface area (Å²) in [6.07, 6.45) is 0. The van der Waals surface area contributed by atoms with Gasteiger partial charge in [0.25, 0.3) is 0 Å². The molecular formula is C36H27NO. The van der Waals surface area contributed by atoms with Crippen LogP contribution in [0.1, 0.15) is 0 Å². The zero-order chi connectivity index (χ0) is 25.7. The van der Waals surface area contributed by atoms with Crippen LogP contribution in [0.5, 0.6) is 5.75 Å². The van der Waals surface area contributed by atoms with Crippen LogP contribution in [0.4, 0.5) is 0 Å². The van der Waals surface area contributed by atoms with Crippen molar-refractivity contribution in [3.05, 3.63) is 146 Å². The van der Waals surface area contributed by atoms with Crippen molar-refractivity contribution in [2.45, 2.75) is 0 Å². The highest BCUT2D eigenvalue weighted by atomic mass is 16.5. The number of benzene rings is 5. The summed E-state index contributed by atoms with van der Waals surface area (Å²) in [6, 6.07) is 50.5. The van der Waals surface area contributed by atoms with E-state index in [1.807, 2.05) is 30.3 Å². The van der Waals surface area contributed by atoms with Crippen molar-refractivity contribution in [3.8, 4) is 61.6 Å². The predicted molar refractivity (Wildman–Crippen MR) is 158 cm³/mol. The van der Waals surface area contributed by atoms with Crippen LogP contribution in [0.2, 0.25) is 0 Å². The molecule has 182 valence electrons. The molecule has 0 aliphatic heterocycles. The highest BCUT2D eigenvalue weighted by Gasteiger charge is 2.18. The highest BCUT2D eigenvalue weighted by Crippen LogP contribution is 2.41. The molecule has 0 saturated carbocycles. The van der Waals surface area contributed by atoms with Crippen molar-refractivity contribution in [2.75, 3.05) is 7.11 Å². The molecule has 5 aromatic carbocycles. The van der Waals surface area contributed by atoms with Gasteiger partial charge in [-0.1, -0.05) is 140 Å². The van der Waals surface area contributed by atoms with Crippen LogP contribution in [0.3, 0.4) is 0 Å². The lowest BCUT2D eigenvalue weighted by Crippen LogP contribution is -1.98. The Kier molecular flexibility index (Phi) is 6.53. The monoisotopic (exact) mass is 489 g/mol. The van der Waals surface area contributed by atoms with Crippen molar-refractivity contribution >= 4 is 0 Å². The molecule has 0 amide bonds. The zero-order valence-electron chi connectivity index (χ0n) is 21.2. The molecule has 0 aliphatic rings. The third-order valence-corrected chi connectivity index (χ3v) is 6.82. The Morgan fingerprint density at radius 2 is 0.816 bits per heavy atom. The molecule has 1 aromatic heterocycles. The lowest BCUT2D eigenvalue weighted by molar-refractivity contribution is 0.416. The number of rotatable bonds is 6. The molecule has 2 heteroatoms. The lowest BCUT2D eigenvalue weighted by Gasteiger charge is -2.17. The first-order chi connectivity index (χ1) is 18.8. The molecular weight excluding hydrogens is 462 g/mol. The van der Waals surface area contributed by atoms with E-state index in [1.165, 1.54) is 22.3 Å². The molecule has 0 radical (unpaired) electrons.